The molecule has 1 aromatic carbocycles. The third-order valence-electron chi connectivity index (χ3n) is 3.05. The Hall–Kier alpha value is -1.94. The first-order chi connectivity index (χ1) is 8.24. The molecule has 2 aromatic rings. The molecule has 4 nitrogen and oxygen atoms in total. The lowest BCUT2D eigenvalue weighted by Gasteiger charge is -2.05. The zero-order valence-electron chi connectivity index (χ0n) is 9.26. The Labute approximate surface area is 98.8 Å². The number of nitrogens with zero attached hydrogens (tertiary/aromatic N) is 1. The SMILES string of the molecule is NC1CC1C(=O)Nc1ccc2ncccc2c1. The van der Waals surface area contributed by atoms with Crippen molar-refractivity contribution in [3.63, 3.8) is 0 Å². The summed E-state index contributed by atoms with van der Waals surface area (Å²) in [6.45, 7) is 0. The molecule has 0 radical (unpaired) electrons. The predicted molar refractivity (Wildman–Crippen MR) is 66.5 cm³/mol. The first kappa shape index (κ1) is 10.2. The molecule has 3 rings (SSSR count). The minimum atomic E-state index is -0.0143. The molecular formula is C13H13N3O. The molecule has 1 aromatic heterocycles. The van der Waals surface area contributed by atoms with Gasteiger partial charge in [-0.3, -0.25) is 9.78 Å². The van der Waals surface area contributed by atoms with E-state index in [9.17, 15) is 4.79 Å². The number of nitrogens with one attached hydrogen (secondary N) is 1. The van der Waals surface area contributed by atoms with Gasteiger partial charge in [-0.25, -0.2) is 0 Å². The van der Waals surface area contributed by atoms with Crippen LogP contribution in [0, 0.1) is 5.92 Å². The lowest BCUT2D eigenvalue weighted by molar-refractivity contribution is -0.117. The zero-order chi connectivity index (χ0) is 11.8. The second-order valence-corrected chi connectivity index (χ2v) is 4.41. The van der Waals surface area contributed by atoms with Gasteiger partial charge in [-0.2, -0.15) is 0 Å². The third-order valence-corrected chi connectivity index (χ3v) is 3.05. The van der Waals surface area contributed by atoms with Crippen LogP contribution in [0.3, 0.4) is 0 Å². The van der Waals surface area contributed by atoms with E-state index >= 15 is 0 Å². The normalized spacial score (nSPS) is 22.4. The summed E-state index contributed by atoms with van der Waals surface area (Å²) in [7, 11) is 0. The van der Waals surface area contributed by atoms with Crippen molar-refractivity contribution in [1.29, 1.82) is 0 Å². The Morgan fingerprint density at radius 1 is 1.41 bits per heavy atom. The van der Waals surface area contributed by atoms with E-state index in [1.54, 1.807) is 6.20 Å². The summed E-state index contributed by atoms with van der Waals surface area (Å²) in [6.07, 6.45) is 2.55. The van der Waals surface area contributed by atoms with E-state index in [0.717, 1.165) is 23.0 Å². The minimum absolute atomic E-state index is 0.0143. The number of amides is 1. The number of benzene rings is 1. The van der Waals surface area contributed by atoms with Crippen LogP contribution in [0.4, 0.5) is 5.69 Å². The van der Waals surface area contributed by atoms with Crippen LogP contribution >= 0.6 is 0 Å². The quantitative estimate of drug-likeness (QED) is 0.817. The fourth-order valence-electron chi connectivity index (χ4n) is 1.90. The molecule has 1 heterocycles. The Kier molecular flexibility index (Phi) is 2.30. The summed E-state index contributed by atoms with van der Waals surface area (Å²) in [4.78, 5) is 15.9. The molecule has 2 atom stereocenters. The molecular weight excluding hydrogens is 214 g/mol. The number of pyridine rings is 1. The summed E-state index contributed by atoms with van der Waals surface area (Å²) in [5, 5.41) is 3.90. The molecule has 1 saturated carbocycles. The van der Waals surface area contributed by atoms with Crippen molar-refractivity contribution in [2.45, 2.75) is 12.5 Å². The summed E-state index contributed by atoms with van der Waals surface area (Å²) < 4.78 is 0. The maximum Gasteiger partial charge on any atom is 0.229 e. The highest BCUT2D eigenvalue weighted by Gasteiger charge is 2.39. The Morgan fingerprint density at radius 2 is 2.24 bits per heavy atom. The van der Waals surface area contributed by atoms with Crippen LogP contribution in [-0.2, 0) is 4.79 Å². The average molecular weight is 227 g/mol. The molecule has 1 aliphatic carbocycles. The van der Waals surface area contributed by atoms with Crippen LogP contribution in [0.15, 0.2) is 36.5 Å². The molecule has 0 bridgehead atoms. The number of fused-ring (bicyclic) bond motifs is 1. The zero-order valence-corrected chi connectivity index (χ0v) is 9.26. The van der Waals surface area contributed by atoms with Crippen molar-refractivity contribution < 1.29 is 4.79 Å². The van der Waals surface area contributed by atoms with Crippen molar-refractivity contribution >= 4 is 22.5 Å². The van der Waals surface area contributed by atoms with E-state index < -0.39 is 0 Å². The van der Waals surface area contributed by atoms with Crippen molar-refractivity contribution in [3.05, 3.63) is 36.5 Å². The minimum Gasteiger partial charge on any atom is -0.327 e. The molecule has 0 saturated heterocycles. The maximum atomic E-state index is 11.7. The fraction of sp³-hybridized carbons (Fsp3) is 0.231. The van der Waals surface area contributed by atoms with E-state index in [1.807, 2.05) is 30.3 Å². The van der Waals surface area contributed by atoms with Gasteiger partial charge in [0.25, 0.3) is 0 Å². The predicted octanol–water partition coefficient (Wildman–Crippen LogP) is 1.52. The van der Waals surface area contributed by atoms with Gasteiger partial charge in [0.15, 0.2) is 0 Å². The summed E-state index contributed by atoms with van der Waals surface area (Å²) in [6, 6.07) is 9.58. The van der Waals surface area contributed by atoms with Crippen LogP contribution in [0.5, 0.6) is 0 Å². The van der Waals surface area contributed by atoms with E-state index in [4.69, 9.17) is 5.73 Å². The Morgan fingerprint density at radius 3 is 3.00 bits per heavy atom. The van der Waals surface area contributed by atoms with Gasteiger partial charge < -0.3 is 11.1 Å². The van der Waals surface area contributed by atoms with Crippen molar-refractivity contribution in [2.75, 3.05) is 5.32 Å². The van der Waals surface area contributed by atoms with Crippen molar-refractivity contribution in [1.82, 2.24) is 4.98 Å². The van der Waals surface area contributed by atoms with Gasteiger partial charge in [0.05, 0.1) is 11.4 Å². The summed E-state index contributed by atoms with van der Waals surface area (Å²) in [5.74, 6) is 0.000311. The van der Waals surface area contributed by atoms with Crippen LogP contribution in [0.25, 0.3) is 10.9 Å². The molecule has 1 aliphatic rings. The average Bonchev–Trinajstić information content (AvgIpc) is 3.06. The number of carbonyl (C=O) groups is 1. The second-order valence-electron chi connectivity index (χ2n) is 4.41. The number of rotatable bonds is 2. The molecule has 4 heteroatoms. The van der Waals surface area contributed by atoms with Crippen LogP contribution < -0.4 is 11.1 Å². The maximum absolute atomic E-state index is 11.7. The number of anilines is 1. The summed E-state index contributed by atoms with van der Waals surface area (Å²) in [5.41, 5.74) is 7.37. The second kappa shape index (κ2) is 3.82. The number of hydrogen-bond donors (Lipinski definition) is 2. The fourth-order valence-corrected chi connectivity index (χ4v) is 1.90. The van der Waals surface area contributed by atoms with E-state index in [-0.39, 0.29) is 17.9 Å². The number of nitrogens with two attached hydrogens (primary N) is 1. The van der Waals surface area contributed by atoms with Crippen LogP contribution in [0.2, 0.25) is 0 Å². The van der Waals surface area contributed by atoms with Crippen LogP contribution in [0.1, 0.15) is 6.42 Å². The van der Waals surface area contributed by atoms with Gasteiger partial charge in [-0.05, 0) is 30.7 Å². The number of aromatic nitrogens is 1. The molecule has 3 N–H and O–H groups in total. The molecule has 2 unspecified atom stereocenters. The Bertz CT molecular complexity index is 582. The smallest absolute Gasteiger partial charge is 0.229 e. The first-order valence-electron chi connectivity index (χ1n) is 5.65. The highest BCUT2D eigenvalue weighted by atomic mass is 16.2. The topological polar surface area (TPSA) is 68.0 Å². The molecule has 86 valence electrons. The lowest BCUT2D eigenvalue weighted by Crippen LogP contribution is -2.18. The van der Waals surface area contributed by atoms with Gasteiger partial charge in [-0.1, -0.05) is 6.07 Å². The van der Waals surface area contributed by atoms with Gasteiger partial charge in [0, 0.05) is 23.3 Å². The largest absolute Gasteiger partial charge is 0.327 e. The summed E-state index contributed by atoms with van der Waals surface area (Å²) >= 11 is 0. The van der Waals surface area contributed by atoms with Crippen molar-refractivity contribution in [3.8, 4) is 0 Å². The molecule has 1 fully saturated rings. The standard InChI is InChI=1S/C13H13N3O/c14-11-7-10(11)13(17)16-9-3-4-12-8(6-9)2-1-5-15-12/h1-6,10-11H,7,14H2,(H,16,17). The van der Waals surface area contributed by atoms with Gasteiger partial charge in [-0.15, -0.1) is 0 Å². The molecule has 0 aliphatic heterocycles. The monoisotopic (exact) mass is 227 g/mol. The first-order valence-corrected chi connectivity index (χ1v) is 5.65. The van der Waals surface area contributed by atoms with Gasteiger partial charge in [0.1, 0.15) is 0 Å². The molecule has 0 spiro atoms. The Balaban J connectivity index is 1.83. The highest BCUT2D eigenvalue weighted by molar-refractivity contribution is 5.96. The van der Waals surface area contributed by atoms with E-state index in [0.29, 0.717) is 0 Å². The van der Waals surface area contributed by atoms with E-state index in [1.165, 1.54) is 0 Å². The molecule has 17 heavy (non-hydrogen) atoms. The number of carbonyl (C=O) groups excluding carboxylic acids is 1. The van der Waals surface area contributed by atoms with Gasteiger partial charge >= 0.3 is 0 Å². The van der Waals surface area contributed by atoms with Crippen LogP contribution in [-0.4, -0.2) is 16.9 Å². The lowest BCUT2D eigenvalue weighted by atomic mass is 10.2. The van der Waals surface area contributed by atoms with Crippen molar-refractivity contribution in [2.24, 2.45) is 11.7 Å². The third kappa shape index (κ3) is 1.99. The highest BCUT2D eigenvalue weighted by Crippen LogP contribution is 2.29. The molecule has 1 amide bonds. The van der Waals surface area contributed by atoms with Gasteiger partial charge in [0.2, 0.25) is 5.91 Å². The number of hydrogen-bond acceptors (Lipinski definition) is 3. The van der Waals surface area contributed by atoms with E-state index in [2.05, 4.69) is 10.3 Å².